The number of carboxylic acids is 1. The molecule has 1 fully saturated rings. The maximum absolute atomic E-state index is 12.9. The van der Waals surface area contributed by atoms with Crippen molar-refractivity contribution in [1.82, 2.24) is 5.16 Å². The minimum absolute atomic E-state index is 0.271. The summed E-state index contributed by atoms with van der Waals surface area (Å²) >= 11 is 0. The van der Waals surface area contributed by atoms with Gasteiger partial charge in [-0.15, -0.1) is 0 Å². The Morgan fingerprint density at radius 1 is 1.71 bits per heavy atom. The molecular formula is C8H7F2NO3. The van der Waals surface area contributed by atoms with Crippen LogP contribution in [-0.4, -0.2) is 22.2 Å². The van der Waals surface area contributed by atoms with Crippen LogP contribution in [0.25, 0.3) is 0 Å². The SMILES string of the molecule is Cc1cc(C2(C(=O)O)CC2(F)F)on1. The molecule has 6 heteroatoms. The number of nitrogens with zero attached hydrogens (tertiary/aromatic N) is 1. The molecule has 0 bridgehead atoms. The van der Waals surface area contributed by atoms with E-state index in [2.05, 4.69) is 9.68 Å². The molecule has 1 unspecified atom stereocenters. The monoisotopic (exact) mass is 203 g/mol. The largest absolute Gasteiger partial charge is 0.480 e. The number of halogens is 2. The number of hydrogen-bond donors (Lipinski definition) is 1. The summed E-state index contributed by atoms with van der Waals surface area (Å²) in [6.45, 7) is 1.54. The number of hydrogen-bond acceptors (Lipinski definition) is 3. The first-order valence-corrected chi connectivity index (χ1v) is 3.95. The zero-order chi connectivity index (χ0) is 10.6. The molecule has 1 atom stereocenters. The van der Waals surface area contributed by atoms with Gasteiger partial charge in [0.05, 0.1) is 5.69 Å². The fourth-order valence-corrected chi connectivity index (χ4v) is 1.46. The fourth-order valence-electron chi connectivity index (χ4n) is 1.46. The molecule has 4 nitrogen and oxygen atoms in total. The Labute approximate surface area is 77.5 Å². The second-order valence-corrected chi connectivity index (χ2v) is 3.42. The average Bonchev–Trinajstić information content (AvgIpc) is 2.44. The highest BCUT2D eigenvalue weighted by atomic mass is 19.3. The Hall–Kier alpha value is -1.46. The van der Waals surface area contributed by atoms with E-state index in [0.29, 0.717) is 5.69 Å². The van der Waals surface area contributed by atoms with Crippen molar-refractivity contribution in [1.29, 1.82) is 0 Å². The number of carbonyl (C=O) groups is 1. The zero-order valence-electron chi connectivity index (χ0n) is 7.25. The van der Waals surface area contributed by atoms with Gasteiger partial charge in [0, 0.05) is 12.5 Å². The molecule has 0 spiro atoms. The van der Waals surface area contributed by atoms with Crippen LogP contribution in [0.15, 0.2) is 10.6 Å². The van der Waals surface area contributed by atoms with Crippen molar-refractivity contribution in [3.8, 4) is 0 Å². The predicted octanol–water partition coefficient (Wildman–Crippen LogP) is 1.34. The third-order valence-corrected chi connectivity index (χ3v) is 2.40. The summed E-state index contributed by atoms with van der Waals surface area (Å²) in [6.07, 6.45) is -0.718. The van der Waals surface area contributed by atoms with E-state index >= 15 is 0 Å². The Bertz CT molecular complexity index is 401. The topological polar surface area (TPSA) is 63.3 Å². The number of aliphatic carboxylic acids is 1. The van der Waals surface area contributed by atoms with Gasteiger partial charge in [-0.05, 0) is 6.92 Å². The van der Waals surface area contributed by atoms with E-state index in [1.807, 2.05) is 0 Å². The summed E-state index contributed by atoms with van der Waals surface area (Å²) in [5.74, 6) is -5.07. The van der Waals surface area contributed by atoms with Gasteiger partial charge in [-0.25, -0.2) is 8.78 Å². The van der Waals surface area contributed by atoms with Crippen molar-refractivity contribution in [3.63, 3.8) is 0 Å². The molecule has 0 radical (unpaired) electrons. The van der Waals surface area contributed by atoms with Gasteiger partial charge in [0.1, 0.15) is 0 Å². The van der Waals surface area contributed by atoms with Gasteiger partial charge in [-0.2, -0.15) is 0 Å². The van der Waals surface area contributed by atoms with E-state index < -0.39 is 23.7 Å². The summed E-state index contributed by atoms with van der Waals surface area (Å²) in [6, 6.07) is 1.23. The van der Waals surface area contributed by atoms with Gasteiger partial charge in [-0.3, -0.25) is 4.79 Å². The van der Waals surface area contributed by atoms with Gasteiger partial charge < -0.3 is 9.63 Å². The minimum atomic E-state index is -3.23. The summed E-state index contributed by atoms with van der Waals surface area (Å²) in [7, 11) is 0. The van der Waals surface area contributed by atoms with Crippen LogP contribution in [0.1, 0.15) is 17.9 Å². The lowest BCUT2D eigenvalue weighted by atomic mass is 10.0. The van der Waals surface area contributed by atoms with Crippen LogP contribution in [0.5, 0.6) is 0 Å². The van der Waals surface area contributed by atoms with Crippen molar-refractivity contribution in [2.45, 2.75) is 24.7 Å². The average molecular weight is 203 g/mol. The number of aryl methyl sites for hydroxylation is 1. The van der Waals surface area contributed by atoms with Gasteiger partial charge in [0.2, 0.25) is 0 Å². The van der Waals surface area contributed by atoms with Crippen LogP contribution in [0.4, 0.5) is 8.78 Å². The normalized spacial score (nSPS) is 28.8. The maximum Gasteiger partial charge on any atom is 0.323 e. The molecule has 0 saturated heterocycles. The molecule has 76 valence electrons. The quantitative estimate of drug-likeness (QED) is 0.787. The molecule has 1 aromatic rings. The number of carboxylic acid groups (broad SMARTS) is 1. The smallest absolute Gasteiger partial charge is 0.323 e. The molecule has 2 rings (SSSR count). The van der Waals surface area contributed by atoms with Crippen LogP contribution in [0, 0.1) is 6.92 Å². The lowest BCUT2D eigenvalue weighted by Crippen LogP contribution is -2.26. The predicted molar refractivity (Wildman–Crippen MR) is 40.1 cm³/mol. The minimum Gasteiger partial charge on any atom is -0.480 e. The summed E-state index contributed by atoms with van der Waals surface area (Å²) in [4.78, 5) is 10.7. The fraction of sp³-hybridized carbons (Fsp3) is 0.500. The standard InChI is InChI=1S/C8H7F2NO3/c1-4-2-5(14-11-4)7(6(12)13)3-8(7,9)10/h2H,3H2,1H3,(H,12,13). The molecule has 0 amide bonds. The van der Waals surface area contributed by atoms with Crippen LogP contribution in [-0.2, 0) is 10.2 Å². The first kappa shape index (κ1) is 9.11. The van der Waals surface area contributed by atoms with E-state index in [-0.39, 0.29) is 5.76 Å². The Morgan fingerprint density at radius 3 is 2.57 bits per heavy atom. The summed E-state index contributed by atoms with van der Waals surface area (Å²) in [5, 5.41) is 12.1. The molecule has 1 aliphatic carbocycles. The highest BCUT2D eigenvalue weighted by molar-refractivity contribution is 5.86. The number of rotatable bonds is 2. The number of alkyl halides is 2. The second kappa shape index (κ2) is 2.31. The van der Waals surface area contributed by atoms with Gasteiger partial charge >= 0.3 is 5.97 Å². The van der Waals surface area contributed by atoms with Gasteiger partial charge in [0.25, 0.3) is 5.92 Å². The number of aromatic nitrogens is 1. The molecule has 0 aromatic carbocycles. The van der Waals surface area contributed by atoms with E-state index in [0.717, 1.165) is 0 Å². The Kier molecular flexibility index (Phi) is 1.51. The van der Waals surface area contributed by atoms with E-state index in [4.69, 9.17) is 5.11 Å². The lowest BCUT2D eigenvalue weighted by Gasteiger charge is -2.05. The van der Waals surface area contributed by atoms with Gasteiger partial charge in [0.15, 0.2) is 11.2 Å². The third kappa shape index (κ3) is 0.906. The van der Waals surface area contributed by atoms with Crippen molar-refractivity contribution in [2.24, 2.45) is 0 Å². The summed E-state index contributed by atoms with van der Waals surface area (Å²) in [5.41, 5.74) is -1.79. The maximum atomic E-state index is 12.9. The highest BCUT2D eigenvalue weighted by Gasteiger charge is 2.79. The van der Waals surface area contributed by atoms with Crippen LogP contribution < -0.4 is 0 Å². The van der Waals surface area contributed by atoms with Crippen LogP contribution in [0.3, 0.4) is 0 Å². The molecule has 14 heavy (non-hydrogen) atoms. The molecule has 0 aliphatic heterocycles. The third-order valence-electron chi connectivity index (χ3n) is 2.40. The van der Waals surface area contributed by atoms with Crippen molar-refractivity contribution < 1.29 is 23.2 Å². The summed E-state index contributed by atoms with van der Waals surface area (Å²) < 4.78 is 30.4. The molecule has 1 aliphatic rings. The highest BCUT2D eigenvalue weighted by Crippen LogP contribution is 2.61. The molecule has 1 N–H and O–H groups in total. The second-order valence-electron chi connectivity index (χ2n) is 3.42. The van der Waals surface area contributed by atoms with Crippen molar-refractivity contribution >= 4 is 5.97 Å². The first-order valence-electron chi connectivity index (χ1n) is 3.95. The zero-order valence-corrected chi connectivity index (χ0v) is 7.25. The first-order chi connectivity index (χ1) is 6.40. The van der Waals surface area contributed by atoms with Gasteiger partial charge in [-0.1, -0.05) is 5.16 Å². The lowest BCUT2D eigenvalue weighted by molar-refractivity contribution is -0.143. The molecular weight excluding hydrogens is 196 g/mol. The Morgan fingerprint density at radius 2 is 2.29 bits per heavy atom. The van der Waals surface area contributed by atoms with Crippen molar-refractivity contribution in [2.75, 3.05) is 0 Å². The molecule has 1 aromatic heterocycles. The molecule has 1 heterocycles. The van der Waals surface area contributed by atoms with E-state index in [9.17, 15) is 13.6 Å². The molecule has 1 saturated carbocycles. The van der Waals surface area contributed by atoms with Crippen molar-refractivity contribution in [3.05, 3.63) is 17.5 Å². The Balaban J connectivity index is 2.46. The van der Waals surface area contributed by atoms with Crippen LogP contribution >= 0.6 is 0 Å². The van der Waals surface area contributed by atoms with E-state index in [1.54, 1.807) is 6.92 Å². The van der Waals surface area contributed by atoms with E-state index in [1.165, 1.54) is 6.07 Å². The van der Waals surface area contributed by atoms with Crippen LogP contribution in [0.2, 0.25) is 0 Å².